The lowest BCUT2D eigenvalue weighted by atomic mass is 9.97. The maximum Gasteiger partial charge on any atom is 0.311 e. The quantitative estimate of drug-likeness (QED) is 0.693. The zero-order valence-corrected chi connectivity index (χ0v) is 11.1. The van der Waals surface area contributed by atoms with Gasteiger partial charge in [0.2, 0.25) is 0 Å². The molecule has 1 atom stereocenters. The number of esters is 1. The molecule has 0 amide bonds. The molecule has 3 heteroatoms. The number of hydrogen-bond acceptors (Lipinski definition) is 3. The van der Waals surface area contributed by atoms with Crippen LogP contribution in [0.5, 0.6) is 0 Å². The van der Waals surface area contributed by atoms with E-state index in [4.69, 9.17) is 4.74 Å². The molecule has 1 fully saturated rings. The molecule has 1 heterocycles. The molecule has 0 aromatic rings. The molecule has 0 spiro atoms. The first-order valence-electron chi connectivity index (χ1n) is 6.29. The molecule has 0 aliphatic carbocycles. The van der Waals surface area contributed by atoms with Crippen molar-refractivity contribution in [3.63, 3.8) is 0 Å². The van der Waals surface area contributed by atoms with E-state index in [9.17, 15) is 4.79 Å². The number of piperidine rings is 1. The second kappa shape index (κ2) is 5.67. The van der Waals surface area contributed by atoms with E-state index in [0.717, 1.165) is 25.6 Å². The van der Waals surface area contributed by atoms with Crippen LogP contribution in [0, 0.1) is 11.3 Å². The van der Waals surface area contributed by atoms with Gasteiger partial charge in [0, 0.05) is 13.1 Å². The van der Waals surface area contributed by atoms with Gasteiger partial charge in [0.05, 0.1) is 5.41 Å². The maximum atomic E-state index is 11.5. The molecule has 94 valence electrons. The summed E-state index contributed by atoms with van der Waals surface area (Å²) in [5, 5.41) is 0. The topological polar surface area (TPSA) is 29.5 Å². The minimum Gasteiger partial charge on any atom is -0.464 e. The average Bonchev–Trinajstić information content (AvgIpc) is 2.16. The molecule has 16 heavy (non-hydrogen) atoms. The van der Waals surface area contributed by atoms with Crippen LogP contribution in [0.15, 0.2) is 0 Å². The van der Waals surface area contributed by atoms with Crippen molar-refractivity contribution in [2.75, 3.05) is 26.2 Å². The normalized spacial score (nSPS) is 23.1. The summed E-state index contributed by atoms with van der Waals surface area (Å²) in [4.78, 5) is 13.9. The van der Waals surface area contributed by atoms with Gasteiger partial charge in [-0.05, 0) is 46.1 Å². The number of carbonyl (C=O) groups is 1. The first-order valence-corrected chi connectivity index (χ1v) is 6.29. The second-order valence-electron chi connectivity index (χ2n) is 5.93. The molecule has 1 unspecified atom stereocenters. The van der Waals surface area contributed by atoms with Gasteiger partial charge in [-0.1, -0.05) is 6.92 Å². The Balaban J connectivity index is 2.18. The number of carbonyl (C=O) groups excluding carboxylic acids is 1. The van der Waals surface area contributed by atoms with Crippen molar-refractivity contribution < 1.29 is 9.53 Å². The first kappa shape index (κ1) is 13.5. The van der Waals surface area contributed by atoms with Crippen LogP contribution in [0.1, 0.15) is 40.5 Å². The summed E-state index contributed by atoms with van der Waals surface area (Å²) in [6.45, 7) is 11.7. The van der Waals surface area contributed by atoms with E-state index in [1.165, 1.54) is 12.8 Å². The molecule has 0 bridgehead atoms. The molecule has 1 saturated heterocycles. The molecular formula is C13H25NO2. The summed E-state index contributed by atoms with van der Waals surface area (Å²) in [5.74, 6) is 0.685. The fourth-order valence-electron chi connectivity index (χ4n) is 1.97. The third-order valence-electron chi connectivity index (χ3n) is 2.99. The minimum atomic E-state index is -0.380. The van der Waals surface area contributed by atoms with E-state index < -0.39 is 0 Å². The molecule has 0 aromatic carbocycles. The summed E-state index contributed by atoms with van der Waals surface area (Å²) < 4.78 is 5.26. The van der Waals surface area contributed by atoms with E-state index >= 15 is 0 Å². The Hall–Kier alpha value is -0.570. The first-order chi connectivity index (χ1) is 7.39. The maximum absolute atomic E-state index is 11.5. The summed E-state index contributed by atoms with van der Waals surface area (Å²) >= 11 is 0. The predicted octanol–water partition coefficient (Wildman–Crippen LogP) is 2.31. The van der Waals surface area contributed by atoms with Gasteiger partial charge in [-0.15, -0.1) is 0 Å². The number of likely N-dealkylation sites (tertiary alicyclic amines) is 1. The highest BCUT2D eigenvalue weighted by atomic mass is 16.5. The summed E-state index contributed by atoms with van der Waals surface area (Å²) in [7, 11) is 0. The summed E-state index contributed by atoms with van der Waals surface area (Å²) in [6, 6.07) is 0. The van der Waals surface area contributed by atoms with Crippen LogP contribution in [0.3, 0.4) is 0 Å². The van der Waals surface area contributed by atoms with E-state index in [1.807, 2.05) is 20.8 Å². The Morgan fingerprint density at radius 2 is 2.12 bits per heavy atom. The molecule has 1 aliphatic rings. The van der Waals surface area contributed by atoms with E-state index in [-0.39, 0.29) is 11.4 Å². The van der Waals surface area contributed by atoms with Crippen molar-refractivity contribution in [3.05, 3.63) is 0 Å². The van der Waals surface area contributed by atoms with Crippen molar-refractivity contribution in [2.24, 2.45) is 11.3 Å². The lowest BCUT2D eigenvalue weighted by Crippen LogP contribution is -2.37. The second-order valence-corrected chi connectivity index (χ2v) is 5.93. The van der Waals surface area contributed by atoms with Crippen molar-refractivity contribution >= 4 is 5.97 Å². The Bertz CT molecular complexity index is 233. The predicted molar refractivity (Wildman–Crippen MR) is 65.3 cm³/mol. The van der Waals surface area contributed by atoms with E-state index in [2.05, 4.69) is 11.8 Å². The molecule has 0 radical (unpaired) electrons. The highest BCUT2D eigenvalue weighted by Gasteiger charge is 2.23. The largest absolute Gasteiger partial charge is 0.464 e. The number of rotatable bonds is 3. The lowest BCUT2D eigenvalue weighted by Gasteiger charge is -2.30. The fourth-order valence-corrected chi connectivity index (χ4v) is 1.97. The Labute approximate surface area is 99.1 Å². The highest BCUT2D eigenvalue weighted by Crippen LogP contribution is 2.16. The van der Waals surface area contributed by atoms with Gasteiger partial charge in [0.15, 0.2) is 0 Å². The van der Waals surface area contributed by atoms with Gasteiger partial charge in [0.25, 0.3) is 0 Å². The third kappa shape index (κ3) is 4.52. The van der Waals surface area contributed by atoms with Gasteiger partial charge >= 0.3 is 5.97 Å². The number of ether oxygens (including phenoxy) is 1. The summed E-state index contributed by atoms with van der Waals surface area (Å²) in [5.41, 5.74) is -0.380. The minimum absolute atomic E-state index is 0.0995. The SMILES string of the molecule is CC1CCCN(CCOC(=O)C(C)(C)C)C1. The number of hydrogen-bond donors (Lipinski definition) is 0. The zero-order chi connectivity index (χ0) is 12.2. The van der Waals surface area contributed by atoms with E-state index in [0.29, 0.717) is 6.61 Å². The van der Waals surface area contributed by atoms with Crippen LogP contribution >= 0.6 is 0 Å². The van der Waals surface area contributed by atoms with Crippen LogP contribution in [0.25, 0.3) is 0 Å². The smallest absolute Gasteiger partial charge is 0.311 e. The lowest BCUT2D eigenvalue weighted by molar-refractivity contribution is -0.153. The monoisotopic (exact) mass is 227 g/mol. The van der Waals surface area contributed by atoms with Crippen LogP contribution < -0.4 is 0 Å². The zero-order valence-electron chi connectivity index (χ0n) is 11.1. The number of nitrogens with zero attached hydrogens (tertiary/aromatic N) is 1. The van der Waals surface area contributed by atoms with Gasteiger partial charge in [0.1, 0.15) is 6.61 Å². The highest BCUT2D eigenvalue weighted by molar-refractivity contribution is 5.75. The standard InChI is InChI=1S/C13H25NO2/c1-11-6-5-7-14(10-11)8-9-16-12(15)13(2,3)4/h11H,5-10H2,1-4H3. The van der Waals surface area contributed by atoms with Crippen LogP contribution in [-0.4, -0.2) is 37.1 Å². The van der Waals surface area contributed by atoms with Crippen molar-refractivity contribution in [1.82, 2.24) is 4.90 Å². The van der Waals surface area contributed by atoms with Gasteiger partial charge < -0.3 is 4.74 Å². The molecule has 1 rings (SSSR count). The van der Waals surface area contributed by atoms with Gasteiger partial charge in [-0.25, -0.2) is 0 Å². The van der Waals surface area contributed by atoms with Crippen molar-refractivity contribution in [1.29, 1.82) is 0 Å². The molecule has 0 aromatic heterocycles. The molecule has 1 aliphatic heterocycles. The molecule has 3 nitrogen and oxygen atoms in total. The third-order valence-corrected chi connectivity index (χ3v) is 2.99. The molecule has 0 saturated carbocycles. The summed E-state index contributed by atoms with van der Waals surface area (Å²) in [6.07, 6.45) is 2.60. The molecular weight excluding hydrogens is 202 g/mol. The van der Waals surface area contributed by atoms with Crippen LogP contribution in [0.4, 0.5) is 0 Å². The fraction of sp³-hybridized carbons (Fsp3) is 0.923. The van der Waals surface area contributed by atoms with Crippen LogP contribution in [-0.2, 0) is 9.53 Å². The van der Waals surface area contributed by atoms with Gasteiger partial charge in [-0.2, -0.15) is 0 Å². The van der Waals surface area contributed by atoms with Gasteiger partial charge in [-0.3, -0.25) is 9.69 Å². The van der Waals surface area contributed by atoms with Crippen LogP contribution in [0.2, 0.25) is 0 Å². The molecule has 0 N–H and O–H groups in total. The van der Waals surface area contributed by atoms with Crippen molar-refractivity contribution in [2.45, 2.75) is 40.5 Å². The van der Waals surface area contributed by atoms with E-state index in [1.54, 1.807) is 0 Å². The average molecular weight is 227 g/mol. The van der Waals surface area contributed by atoms with Crippen molar-refractivity contribution in [3.8, 4) is 0 Å². The Morgan fingerprint density at radius 3 is 2.69 bits per heavy atom. The Kier molecular flexibility index (Phi) is 4.78. The Morgan fingerprint density at radius 1 is 1.44 bits per heavy atom.